The van der Waals surface area contributed by atoms with Gasteiger partial charge in [-0.1, -0.05) is 0 Å². The number of nitrogens with zero attached hydrogens (tertiary/aromatic N) is 1. The molecular formula is C11H22N2O3. The van der Waals surface area contributed by atoms with Crippen molar-refractivity contribution in [2.75, 3.05) is 26.2 Å². The highest BCUT2D eigenvalue weighted by Gasteiger charge is 2.45. The second kappa shape index (κ2) is 4.59. The van der Waals surface area contributed by atoms with E-state index in [1.165, 1.54) is 0 Å². The summed E-state index contributed by atoms with van der Waals surface area (Å²) in [7, 11) is 0. The van der Waals surface area contributed by atoms with Crippen LogP contribution in [0.1, 0.15) is 27.2 Å². The first-order valence-electron chi connectivity index (χ1n) is 5.61. The maximum absolute atomic E-state index is 11.6. The number of rotatable bonds is 3. The predicted molar refractivity (Wildman–Crippen MR) is 61.0 cm³/mol. The van der Waals surface area contributed by atoms with Gasteiger partial charge in [0.2, 0.25) is 0 Å². The second-order valence-corrected chi connectivity index (χ2v) is 5.53. The molecule has 0 atom stereocenters. The average molecular weight is 230 g/mol. The molecule has 0 bridgehead atoms. The molecule has 0 spiro atoms. The summed E-state index contributed by atoms with van der Waals surface area (Å²) >= 11 is 0. The number of likely N-dealkylation sites (tertiary alicyclic amines) is 1. The highest BCUT2D eigenvalue weighted by molar-refractivity contribution is 5.69. The number of hydrogen-bond donors (Lipinski definition) is 2. The summed E-state index contributed by atoms with van der Waals surface area (Å²) in [5.74, 6) is 0. The molecule has 3 N–H and O–H groups in total. The van der Waals surface area contributed by atoms with E-state index in [1.54, 1.807) is 4.90 Å². The van der Waals surface area contributed by atoms with Crippen LogP contribution in [0.2, 0.25) is 0 Å². The minimum absolute atomic E-state index is 0.0729. The van der Waals surface area contributed by atoms with Gasteiger partial charge >= 0.3 is 6.09 Å². The zero-order chi connectivity index (χ0) is 12.4. The van der Waals surface area contributed by atoms with Gasteiger partial charge in [-0.05, 0) is 33.7 Å². The van der Waals surface area contributed by atoms with Crippen molar-refractivity contribution in [2.45, 2.75) is 32.8 Å². The fraction of sp³-hybridized carbons (Fsp3) is 0.909. The molecule has 0 aliphatic carbocycles. The maximum atomic E-state index is 11.6. The molecule has 0 aromatic rings. The van der Waals surface area contributed by atoms with Crippen molar-refractivity contribution in [3.05, 3.63) is 0 Å². The van der Waals surface area contributed by atoms with Crippen molar-refractivity contribution in [3.63, 3.8) is 0 Å². The molecular weight excluding hydrogens is 208 g/mol. The van der Waals surface area contributed by atoms with Gasteiger partial charge in [-0.15, -0.1) is 0 Å². The topological polar surface area (TPSA) is 75.8 Å². The van der Waals surface area contributed by atoms with Crippen molar-refractivity contribution in [3.8, 4) is 0 Å². The van der Waals surface area contributed by atoms with E-state index in [1.807, 2.05) is 20.8 Å². The van der Waals surface area contributed by atoms with Crippen molar-refractivity contribution in [2.24, 2.45) is 11.1 Å². The smallest absolute Gasteiger partial charge is 0.410 e. The first kappa shape index (κ1) is 13.3. The Balaban J connectivity index is 2.42. The number of carbonyl (C=O) groups is 1. The van der Waals surface area contributed by atoms with E-state index in [9.17, 15) is 9.90 Å². The number of amides is 1. The number of ether oxygens (including phenoxy) is 1. The second-order valence-electron chi connectivity index (χ2n) is 5.53. The Morgan fingerprint density at radius 1 is 1.50 bits per heavy atom. The van der Waals surface area contributed by atoms with E-state index in [-0.39, 0.29) is 18.1 Å². The quantitative estimate of drug-likeness (QED) is 0.743. The fourth-order valence-corrected chi connectivity index (χ4v) is 1.86. The number of carbonyl (C=O) groups excluding carboxylic acids is 1. The van der Waals surface area contributed by atoms with Gasteiger partial charge < -0.3 is 20.5 Å². The minimum Gasteiger partial charge on any atom is -0.444 e. The Morgan fingerprint density at radius 2 is 2.06 bits per heavy atom. The molecule has 16 heavy (non-hydrogen) atoms. The highest BCUT2D eigenvalue weighted by Crippen LogP contribution is 2.33. The summed E-state index contributed by atoms with van der Waals surface area (Å²) in [6, 6.07) is 0. The number of hydrogen-bond acceptors (Lipinski definition) is 4. The van der Waals surface area contributed by atoms with Crippen LogP contribution in [0, 0.1) is 5.41 Å². The first-order chi connectivity index (χ1) is 7.32. The number of aliphatic hydroxyl groups excluding tert-OH is 1. The van der Waals surface area contributed by atoms with E-state index in [0.717, 1.165) is 6.42 Å². The molecule has 1 saturated heterocycles. The Morgan fingerprint density at radius 3 is 2.44 bits per heavy atom. The van der Waals surface area contributed by atoms with Crippen LogP contribution in [-0.2, 0) is 4.74 Å². The van der Waals surface area contributed by atoms with E-state index in [0.29, 0.717) is 19.6 Å². The average Bonchev–Trinajstić information content (AvgIpc) is 2.07. The molecule has 0 saturated carbocycles. The van der Waals surface area contributed by atoms with Crippen LogP contribution < -0.4 is 5.73 Å². The Kier molecular flexibility index (Phi) is 3.80. The summed E-state index contributed by atoms with van der Waals surface area (Å²) in [6.07, 6.45) is 0.427. The van der Waals surface area contributed by atoms with Gasteiger partial charge in [0.25, 0.3) is 0 Å². The monoisotopic (exact) mass is 230 g/mol. The molecule has 0 unspecified atom stereocenters. The van der Waals surface area contributed by atoms with E-state index in [2.05, 4.69) is 0 Å². The van der Waals surface area contributed by atoms with Gasteiger partial charge in [-0.2, -0.15) is 0 Å². The Hall–Kier alpha value is -0.810. The molecule has 1 amide bonds. The molecule has 1 rings (SSSR count). The predicted octanol–water partition coefficient (Wildman–Crippen LogP) is 0.565. The normalized spacial score (nSPS) is 19.2. The van der Waals surface area contributed by atoms with Gasteiger partial charge in [-0.25, -0.2) is 4.79 Å². The molecule has 0 aromatic carbocycles. The SMILES string of the molecule is CC(C)(C)OC(=O)N1CC(CO)(CCN)C1. The van der Waals surface area contributed by atoms with Crippen LogP contribution >= 0.6 is 0 Å². The lowest BCUT2D eigenvalue weighted by molar-refractivity contribution is -0.0583. The summed E-state index contributed by atoms with van der Waals surface area (Å²) in [6.45, 7) is 7.19. The third-order valence-corrected chi connectivity index (χ3v) is 2.71. The lowest BCUT2D eigenvalue weighted by Gasteiger charge is -2.49. The number of nitrogens with two attached hydrogens (primary N) is 1. The zero-order valence-corrected chi connectivity index (χ0v) is 10.3. The van der Waals surface area contributed by atoms with Crippen LogP contribution in [0.3, 0.4) is 0 Å². The number of aliphatic hydroxyl groups is 1. The third kappa shape index (κ3) is 3.09. The molecule has 1 aliphatic rings. The molecule has 5 heteroatoms. The summed E-state index contributed by atoms with van der Waals surface area (Å²) in [5, 5.41) is 9.27. The van der Waals surface area contributed by atoms with E-state index >= 15 is 0 Å². The van der Waals surface area contributed by atoms with Crippen molar-refractivity contribution in [1.29, 1.82) is 0 Å². The van der Waals surface area contributed by atoms with Crippen molar-refractivity contribution < 1.29 is 14.6 Å². The molecule has 0 radical (unpaired) electrons. The maximum Gasteiger partial charge on any atom is 0.410 e. The molecule has 94 valence electrons. The Bertz CT molecular complexity index is 254. The van der Waals surface area contributed by atoms with Gasteiger partial charge in [0.1, 0.15) is 5.60 Å². The van der Waals surface area contributed by atoms with Crippen molar-refractivity contribution >= 4 is 6.09 Å². The van der Waals surface area contributed by atoms with Crippen LogP contribution in [0.15, 0.2) is 0 Å². The lowest BCUT2D eigenvalue weighted by atomic mass is 9.78. The fourth-order valence-electron chi connectivity index (χ4n) is 1.86. The Labute approximate surface area is 96.6 Å². The molecule has 1 aliphatic heterocycles. The lowest BCUT2D eigenvalue weighted by Crippen LogP contribution is -2.61. The van der Waals surface area contributed by atoms with Gasteiger partial charge in [-0.3, -0.25) is 0 Å². The molecule has 1 fully saturated rings. The van der Waals surface area contributed by atoms with Gasteiger partial charge in [0, 0.05) is 18.5 Å². The van der Waals surface area contributed by atoms with Crippen LogP contribution in [-0.4, -0.2) is 47.9 Å². The summed E-state index contributed by atoms with van der Waals surface area (Å²) in [5.41, 5.74) is 4.80. The van der Waals surface area contributed by atoms with Gasteiger partial charge in [0.15, 0.2) is 0 Å². The zero-order valence-electron chi connectivity index (χ0n) is 10.3. The summed E-state index contributed by atoms with van der Waals surface area (Å²) in [4.78, 5) is 13.2. The van der Waals surface area contributed by atoms with Crippen molar-refractivity contribution in [1.82, 2.24) is 4.90 Å². The van der Waals surface area contributed by atoms with Crippen LogP contribution in [0.5, 0.6) is 0 Å². The highest BCUT2D eigenvalue weighted by atomic mass is 16.6. The molecule has 1 heterocycles. The molecule has 5 nitrogen and oxygen atoms in total. The van der Waals surface area contributed by atoms with Crippen LogP contribution in [0.25, 0.3) is 0 Å². The van der Waals surface area contributed by atoms with E-state index in [4.69, 9.17) is 10.5 Å². The standard InChI is InChI=1S/C11H22N2O3/c1-10(2,3)16-9(15)13-6-11(7-13,8-14)4-5-12/h14H,4-8,12H2,1-3H3. The largest absolute Gasteiger partial charge is 0.444 e. The van der Waals surface area contributed by atoms with Crippen LogP contribution in [0.4, 0.5) is 4.79 Å². The summed E-state index contributed by atoms with van der Waals surface area (Å²) < 4.78 is 5.23. The minimum atomic E-state index is -0.470. The van der Waals surface area contributed by atoms with E-state index < -0.39 is 5.60 Å². The third-order valence-electron chi connectivity index (χ3n) is 2.71. The first-order valence-corrected chi connectivity index (χ1v) is 5.61. The van der Waals surface area contributed by atoms with Gasteiger partial charge in [0.05, 0.1) is 6.61 Å². The molecule has 0 aromatic heterocycles.